The maximum absolute atomic E-state index is 12.2. The van der Waals surface area contributed by atoms with E-state index in [1.54, 1.807) is 12.1 Å². The highest BCUT2D eigenvalue weighted by Crippen LogP contribution is 2.23. The van der Waals surface area contributed by atoms with Gasteiger partial charge in [0.15, 0.2) is 5.78 Å². The van der Waals surface area contributed by atoms with Crippen LogP contribution in [0.4, 0.5) is 0 Å². The number of pyridine rings is 1. The van der Waals surface area contributed by atoms with Crippen LogP contribution >= 0.6 is 11.6 Å². The average Bonchev–Trinajstić information content (AvgIpc) is 2.57. The molecule has 22 heavy (non-hydrogen) atoms. The Labute approximate surface area is 135 Å². The smallest absolute Gasteiger partial charge is 0.168 e. The molecule has 0 aliphatic carbocycles. The minimum Gasteiger partial charge on any atom is -0.316 e. The first-order chi connectivity index (χ1) is 10.7. The van der Waals surface area contributed by atoms with E-state index in [1.165, 1.54) is 24.6 Å². The Morgan fingerprint density at radius 2 is 2.05 bits per heavy atom. The Hall–Kier alpha value is -1.71. The molecule has 1 aromatic heterocycles. The van der Waals surface area contributed by atoms with Gasteiger partial charge in [-0.15, -0.1) is 0 Å². The van der Waals surface area contributed by atoms with Crippen LogP contribution in [-0.2, 0) is 6.42 Å². The number of ketones is 1. The van der Waals surface area contributed by atoms with Crippen molar-refractivity contribution in [3.8, 4) is 0 Å². The van der Waals surface area contributed by atoms with Crippen molar-refractivity contribution < 1.29 is 4.79 Å². The highest BCUT2D eigenvalue weighted by Gasteiger charge is 2.15. The summed E-state index contributed by atoms with van der Waals surface area (Å²) in [6.07, 6.45) is 4.40. The molecule has 1 fully saturated rings. The summed E-state index contributed by atoms with van der Waals surface area (Å²) in [5.41, 5.74) is 2.99. The Bertz CT molecular complexity index is 631. The third kappa shape index (κ3) is 3.73. The molecule has 114 valence electrons. The molecular formula is C18H19ClN2O. The Kier molecular flexibility index (Phi) is 4.86. The highest BCUT2D eigenvalue weighted by atomic mass is 35.5. The van der Waals surface area contributed by atoms with Gasteiger partial charge >= 0.3 is 0 Å². The Balaban J connectivity index is 1.65. The second kappa shape index (κ2) is 7.03. The normalized spacial score (nSPS) is 18.1. The zero-order chi connectivity index (χ0) is 15.4. The van der Waals surface area contributed by atoms with Crippen LogP contribution in [0.25, 0.3) is 0 Å². The molecule has 1 aliphatic heterocycles. The van der Waals surface area contributed by atoms with Gasteiger partial charge in [0.05, 0.1) is 0 Å². The van der Waals surface area contributed by atoms with Crippen LogP contribution in [0, 0.1) is 0 Å². The Morgan fingerprint density at radius 1 is 1.23 bits per heavy atom. The quantitative estimate of drug-likeness (QED) is 0.692. The molecule has 1 aromatic carbocycles. The molecule has 0 saturated carbocycles. The van der Waals surface area contributed by atoms with Crippen molar-refractivity contribution >= 4 is 17.4 Å². The molecule has 0 spiro atoms. The van der Waals surface area contributed by atoms with Gasteiger partial charge in [-0.3, -0.25) is 4.79 Å². The van der Waals surface area contributed by atoms with E-state index < -0.39 is 0 Å². The SMILES string of the molecule is O=C(Cc1ccc([C@@H]2CCCNC2)cc1)c1ccc(Cl)nc1. The summed E-state index contributed by atoms with van der Waals surface area (Å²) < 4.78 is 0. The lowest BCUT2D eigenvalue weighted by molar-refractivity contribution is 0.0992. The third-order valence-corrected chi connectivity index (χ3v) is 4.39. The number of piperidine rings is 1. The summed E-state index contributed by atoms with van der Waals surface area (Å²) in [6.45, 7) is 2.17. The topological polar surface area (TPSA) is 42.0 Å². The predicted molar refractivity (Wildman–Crippen MR) is 88.6 cm³/mol. The van der Waals surface area contributed by atoms with E-state index in [4.69, 9.17) is 11.6 Å². The number of rotatable bonds is 4. The van der Waals surface area contributed by atoms with Gasteiger partial charge in [0.25, 0.3) is 0 Å². The summed E-state index contributed by atoms with van der Waals surface area (Å²) in [5, 5.41) is 3.84. The van der Waals surface area contributed by atoms with E-state index in [1.807, 2.05) is 0 Å². The van der Waals surface area contributed by atoms with Gasteiger partial charge in [-0.05, 0) is 48.6 Å². The van der Waals surface area contributed by atoms with Crippen molar-refractivity contribution in [3.63, 3.8) is 0 Å². The second-order valence-corrected chi connectivity index (χ2v) is 6.14. The van der Waals surface area contributed by atoms with E-state index in [2.05, 4.69) is 34.6 Å². The number of hydrogen-bond donors (Lipinski definition) is 1. The van der Waals surface area contributed by atoms with E-state index in [0.717, 1.165) is 18.7 Å². The molecule has 1 saturated heterocycles. The number of nitrogens with zero attached hydrogens (tertiary/aromatic N) is 1. The van der Waals surface area contributed by atoms with Crippen LogP contribution in [-0.4, -0.2) is 23.9 Å². The lowest BCUT2D eigenvalue weighted by Gasteiger charge is -2.23. The van der Waals surface area contributed by atoms with Gasteiger partial charge in [0.1, 0.15) is 5.15 Å². The second-order valence-electron chi connectivity index (χ2n) is 5.75. The van der Waals surface area contributed by atoms with Gasteiger partial charge < -0.3 is 5.32 Å². The molecule has 1 aliphatic rings. The van der Waals surface area contributed by atoms with Crippen LogP contribution < -0.4 is 5.32 Å². The average molecular weight is 315 g/mol. The first kappa shape index (κ1) is 15.2. The highest BCUT2D eigenvalue weighted by molar-refractivity contribution is 6.29. The van der Waals surface area contributed by atoms with Crippen molar-refractivity contribution in [2.24, 2.45) is 0 Å². The molecule has 3 rings (SSSR count). The fraction of sp³-hybridized carbons (Fsp3) is 0.333. The number of carbonyl (C=O) groups is 1. The van der Waals surface area contributed by atoms with Crippen molar-refractivity contribution in [2.75, 3.05) is 13.1 Å². The van der Waals surface area contributed by atoms with E-state index >= 15 is 0 Å². The molecule has 1 N–H and O–H groups in total. The van der Waals surface area contributed by atoms with Gasteiger partial charge in [-0.1, -0.05) is 35.9 Å². The first-order valence-corrected chi connectivity index (χ1v) is 8.04. The maximum atomic E-state index is 12.2. The van der Waals surface area contributed by atoms with Crippen LogP contribution in [0.2, 0.25) is 5.15 Å². The lowest BCUT2D eigenvalue weighted by Crippen LogP contribution is -2.28. The lowest BCUT2D eigenvalue weighted by atomic mass is 9.90. The van der Waals surface area contributed by atoms with Crippen molar-refractivity contribution in [3.05, 3.63) is 64.4 Å². The standard InChI is InChI=1S/C18H19ClN2O/c19-18-8-7-16(12-21-18)17(22)10-13-3-5-14(6-4-13)15-2-1-9-20-11-15/h3-8,12,15,20H,1-2,9-11H2/t15-/m1/s1. The van der Waals surface area contributed by atoms with Crippen LogP contribution in [0.1, 0.15) is 40.2 Å². The molecule has 0 unspecified atom stereocenters. The number of Topliss-reactive ketones (excluding diaryl/α,β-unsaturated/α-hetero) is 1. The maximum Gasteiger partial charge on any atom is 0.168 e. The number of carbonyl (C=O) groups excluding carboxylic acids is 1. The third-order valence-electron chi connectivity index (χ3n) is 4.16. The molecule has 0 bridgehead atoms. The summed E-state index contributed by atoms with van der Waals surface area (Å²) >= 11 is 5.74. The predicted octanol–water partition coefficient (Wildman–Crippen LogP) is 3.63. The molecule has 0 radical (unpaired) electrons. The summed E-state index contributed by atoms with van der Waals surface area (Å²) in [4.78, 5) is 16.2. The molecule has 2 heterocycles. The zero-order valence-corrected chi connectivity index (χ0v) is 13.1. The number of hydrogen-bond acceptors (Lipinski definition) is 3. The first-order valence-electron chi connectivity index (χ1n) is 7.67. The molecule has 0 amide bonds. The molecule has 3 nitrogen and oxygen atoms in total. The van der Waals surface area contributed by atoms with Crippen LogP contribution in [0.3, 0.4) is 0 Å². The molecular weight excluding hydrogens is 296 g/mol. The monoisotopic (exact) mass is 314 g/mol. The molecule has 2 aromatic rings. The number of halogens is 1. The van der Waals surface area contributed by atoms with Gasteiger partial charge in [-0.25, -0.2) is 4.98 Å². The van der Waals surface area contributed by atoms with Crippen molar-refractivity contribution in [1.29, 1.82) is 0 Å². The fourth-order valence-corrected chi connectivity index (χ4v) is 2.98. The minimum absolute atomic E-state index is 0.0660. The molecule has 1 atom stereocenters. The van der Waals surface area contributed by atoms with E-state index in [-0.39, 0.29) is 5.78 Å². The molecule has 4 heteroatoms. The van der Waals surface area contributed by atoms with Gasteiger partial charge in [0, 0.05) is 24.7 Å². The van der Waals surface area contributed by atoms with Crippen LogP contribution in [0.15, 0.2) is 42.6 Å². The van der Waals surface area contributed by atoms with E-state index in [0.29, 0.717) is 23.1 Å². The summed E-state index contributed by atoms with van der Waals surface area (Å²) in [5.74, 6) is 0.662. The number of nitrogens with one attached hydrogen (secondary N) is 1. The Morgan fingerprint density at radius 3 is 2.68 bits per heavy atom. The summed E-state index contributed by atoms with van der Waals surface area (Å²) in [7, 11) is 0. The number of aromatic nitrogens is 1. The van der Waals surface area contributed by atoms with E-state index in [9.17, 15) is 4.79 Å². The van der Waals surface area contributed by atoms with Gasteiger partial charge in [-0.2, -0.15) is 0 Å². The van der Waals surface area contributed by atoms with Crippen LogP contribution in [0.5, 0.6) is 0 Å². The minimum atomic E-state index is 0.0660. The van der Waals surface area contributed by atoms with Crippen molar-refractivity contribution in [2.45, 2.75) is 25.2 Å². The van der Waals surface area contributed by atoms with Crippen molar-refractivity contribution in [1.82, 2.24) is 10.3 Å². The largest absolute Gasteiger partial charge is 0.316 e. The summed E-state index contributed by atoms with van der Waals surface area (Å²) in [6, 6.07) is 11.8. The van der Waals surface area contributed by atoms with Gasteiger partial charge in [0.2, 0.25) is 0 Å². The number of benzene rings is 1. The fourth-order valence-electron chi connectivity index (χ4n) is 2.87. The zero-order valence-electron chi connectivity index (χ0n) is 12.4.